The van der Waals surface area contributed by atoms with Gasteiger partial charge in [-0.1, -0.05) is 29.3 Å². The SMILES string of the molecule is O=C(Cc1ccc(Cl)cc1Cl)Nc1ccc(N2CCOCC2)nc1. The van der Waals surface area contributed by atoms with Crippen molar-refractivity contribution in [3.05, 3.63) is 52.1 Å². The Labute approximate surface area is 150 Å². The van der Waals surface area contributed by atoms with E-state index in [4.69, 9.17) is 27.9 Å². The van der Waals surface area contributed by atoms with E-state index in [1.807, 2.05) is 12.1 Å². The van der Waals surface area contributed by atoms with Gasteiger partial charge in [0.2, 0.25) is 5.91 Å². The normalized spacial score (nSPS) is 14.5. The summed E-state index contributed by atoms with van der Waals surface area (Å²) in [5.41, 5.74) is 1.39. The maximum absolute atomic E-state index is 12.1. The van der Waals surface area contributed by atoms with Gasteiger partial charge in [0.25, 0.3) is 0 Å². The Morgan fingerprint density at radius 2 is 2.00 bits per heavy atom. The molecule has 0 saturated carbocycles. The van der Waals surface area contributed by atoms with Crippen LogP contribution < -0.4 is 10.2 Å². The molecule has 7 heteroatoms. The summed E-state index contributed by atoms with van der Waals surface area (Å²) in [5, 5.41) is 3.86. The molecule has 3 rings (SSSR count). The van der Waals surface area contributed by atoms with Crippen LogP contribution in [0.25, 0.3) is 0 Å². The van der Waals surface area contributed by atoms with E-state index in [0.717, 1.165) is 24.5 Å². The van der Waals surface area contributed by atoms with Crippen molar-refractivity contribution < 1.29 is 9.53 Å². The van der Waals surface area contributed by atoms with Crippen molar-refractivity contribution in [3.63, 3.8) is 0 Å². The van der Waals surface area contributed by atoms with E-state index in [9.17, 15) is 4.79 Å². The molecule has 0 radical (unpaired) electrons. The number of benzene rings is 1. The Kier molecular flexibility index (Phi) is 5.56. The maximum Gasteiger partial charge on any atom is 0.228 e. The zero-order chi connectivity index (χ0) is 16.9. The molecule has 0 atom stereocenters. The molecule has 24 heavy (non-hydrogen) atoms. The van der Waals surface area contributed by atoms with Gasteiger partial charge in [0, 0.05) is 23.1 Å². The minimum atomic E-state index is -0.153. The zero-order valence-corrected chi connectivity index (χ0v) is 14.5. The number of carbonyl (C=O) groups is 1. The first-order valence-electron chi connectivity index (χ1n) is 7.64. The molecule has 126 valence electrons. The highest BCUT2D eigenvalue weighted by molar-refractivity contribution is 6.35. The van der Waals surface area contributed by atoms with Crippen LogP contribution in [0.2, 0.25) is 10.0 Å². The van der Waals surface area contributed by atoms with Gasteiger partial charge in [-0.05, 0) is 29.8 Å². The molecule has 1 saturated heterocycles. The molecule has 1 aliphatic rings. The van der Waals surface area contributed by atoms with Crippen LogP contribution in [0.1, 0.15) is 5.56 Å². The van der Waals surface area contributed by atoms with Crippen LogP contribution in [0.3, 0.4) is 0 Å². The number of anilines is 2. The summed E-state index contributed by atoms with van der Waals surface area (Å²) in [6.45, 7) is 3.07. The lowest BCUT2D eigenvalue weighted by atomic mass is 10.1. The number of ether oxygens (including phenoxy) is 1. The van der Waals surface area contributed by atoms with Crippen LogP contribution in [0.5, 0.6) is 0 Å². The Bertz CT molecular complexity index is 716. The van der Waals surface area contributed by atoms with E-state index < -0.39 is 0 Å². The molecule has 1 aromatic carbocycles. The summed E-state index contributed by atoms with van der Waals surface area (Å²) in [7, 11) is 0. The zero-order valence-electron chi connectivity index (χ0n) is 13.0. The number of nitrogens with zero attached hydrogens (tertiary/aromatic N) is 2. The predicted octanol–water partition coefficient (Wildman–Crippen LogP) is 3.41. The Morgan fingerprint density at radius 3 is 2.67 bits per heavy atom. The van der Waals surface area contributed by atoms with Crippen molar-refractivity contribution in [2.45, 2.75) is 6.42 Å². The first-order valence-corrected chi connectivity index (χ1v) is 8.40. The van der Waals surface area contributed by atoms with Crippen LogP contribution >= 0.6 is 23.2 Å². The molecule has 0 aliphatic carbocycles. The van der Waals surface area contributed by atoms with Crippen molar-refractivity contribution in [1.82, 2.24) is 4.98 Å². The van der Waals surface area contributed by atoms with Crippen LogP contribution in [-0.4, -0.2) is 37.2 Å². The molecule has 0 bridgehead atoms. The van der Waals surface area contributed by atoms with E-state index in [2.05, 4.69) is 15.2 Å². The lowest BCUT2D eigenvalue weighted by Crippen LogP contribution is -2.36. The second-order valence-corrected chi connectivity index (χ2v) is 6.31. The second-order valence-electron chi connectivity index (χ2n) is 5.47. The first kappa shape index (κ1) is 17.0. The Balaban J connectivity index is 1.59. The molecule has 5 nitrogen and oxygen atoms in total. The summed E-state index contributed by atoms with van der Waals surface area (Å²) in [5.74, 6) is 0.734. The quantitative estimate of drug-likeness (QED) is 0.901. The molecule has 2 aromatic rings. The van der Waals surface area contributed by atoms with Crippen LogP contribution in [0.15, 0.2) is 36.5 Å². The molecule has 1 N–H and O–H groups in total. The minimum Gasteiger partial charge on any atom is -0.378 e. The second kappa shape index (κ2) is 7.83. The average Bonchev–Trinajstić information content (AvgIpc) is 2.59. The number of amides is 1. The largest absolute Gasteiger partial charge is 0.378 e. The van der Waals surface area contributed by atoms with Gasteiger partial charge in [0.15, 0.2) is 0 Å². The Morgan fingerprint density at radius 1 is 1.21 bits per heavy atom. The van der Waals surface area contributed by atoms with Crippen LogP contribution in [0.4, 0.5) is 11.5 Å². The molecule has 1 aromatic heterocycles. The van der Waals surface area contributed by atoms with Crippen LogP contribution in [-0.2, 0) is 16.0 Å². The van der Waals surface area contributed by atoms with E-state index in [1.54, 1.807) is 24.4 Å². The third kappa shape index (κ3) is 4.38. The fourth-order valence-corrected chi connectivity index (χ4v) is 2.96. The van der Waals surface area contributed by atoms with E-state index >= 15 is 0 Å². The molecule has 1 fully saturated rings. The molecular weight excluding hydrogens is 349 g/mol. The van der Waals surface area contributed by atoms with E-state index in [0.29, 0.717) is 28.9 Å². The van der Waals surface area contributed by atoms with Crippen LogP contribution in [0, 0.1) is 0 Å². The summed E-state index contributed by atoms with van der Waals surface area (Å²) in [6.07, 6.45) is 1.84. The summed E-state index contributed by atoms with van der Waals surface area (Å²) in [6, 6.07) is 8.85. The van der Waals surface area contributed by atoms with Gasteiger partial charge in [-0.25, -0.2) is 4.98 Å². The number of nitrogens with one attached hydrogen (secondary N) is 1. The monoisotopic (exact) mass is 365 g/mol. The third-order valence-electron chi connectivity index (χ3n) is 3.73. The van der Waals surface area contributed by atoms with Gasteiger partial charge < -0.3 is 15.0 Å². The standard InChI is InChI=1S/C17H17Cl2N3O2/c18-13-2-1-12(15(19)10-13)9-17(23)21-14-3-4-16(20-11-14)22-5-7-24-8-6-22/h1-4,10-11H,5-9H2,(H,21,23). The third-order valence-corrected chi connectivity index (χ3v) is 4.32. The molecule has 0 spiro atoms. The fourth-order valence-electron chi connectivity index (χ4n) is 2.48. The fraction of sp³-hybridized carbons (Fsp3) is 0.294. The number of carbonyl (C=O) groups excluding carboxylic acids is 1. The van der Waals surface area contributed by atoms with Crippen molar-refractivity contribution >= 4 is 40.6 Å². The topological polar surface area (TPSA) is 54.5 Å². The van der Waals surface area contributed by atoms with Gasteiger partial charge in [-0.15, -0.1) is 0 Å². The predicted molar refractivity (Wildman–Crippen MR) is 96.1 cm³/mol. The highest BCUT2D eigenvalue weighted by Crippen LogP contribution is 2.22. The molecule has 0 unspecified atom stereocenters. The van der Waals surface area contributed by atoms with Gasteiger partial charge >= 0.3 is 0 Å². The van der Waals surface area contributed by atoms with Gasteiger partial charge in [0.1, 0.15) is 5.82 Å². The lowest BCUT2D eigenvalue weighted by molar-refractivity contribution is -0.115. The van der Waals surface area contributed by atoms with Crippen molar-refractivity contribution in [2.24, 2.45) is 0 Å². The number of pyridine rings is 1. The lowest BCUT2D eigenvalue weighted by Gasteiger charge is -2.27. The molecule has 1 amide bonds. The number of rotatable bonds is 4. The van der Waals surface area contributed by atoms with E-state index in [1.165, 1.54) is 0 Å². The van der Waals surface area contributed by atoms with Crippen molar-refractivity contribution in [3.8, 4) is 0 Å². The molecule has 1 aliphatic heterocycles. The van der Waals surface area contributed by atoms with Crippen molar-refractivity contribution in [2.75, 3.05) is 36.5 Å². The smallest absolute Gasteiger partial charge is 0.228 e. The van der Waals surface area contributed by atoms with E-state index in [-0.39, 0.29) is 12.3 Å². The highest BCUT2D eigenvalue weighted by atomic mass is 35.5. The molecular formula is C17H17Cl2N3O2. The Hall–Kier alpha value is -1.82. The minimum absolute atomic E-state index is 0.153. The maximum atomic E-state index is 12.1. The van der Waals surface area contributed by atoms with Gasteiger partial charge in [0.05, 0.1) is 31.5 Å². The number of hydrogen-bond acceptors (Lipinski definition) is 4. The summed E-state index contributed by atoms with van der Waals surface area (Å²) >= 11 is 11.9. The summed E-state index contributed by atoms with van der Waals surface area (Å²) < 4.78 is 5.33. The number of aromatic nitrogens is 1. The summed E-state index contributed by atoms with van der Waals surface area (Å²) in [4.78, 5) is 18.7. The number of morpholine rings is 1. The highest BCUT2D eigenvalue weighted by Gasteiger charge is 2.13. The van der Waals surface area contributed by atoms with Crippen molar-refractivity contribution in [1.29, 1.82) is 0 Å². The first-order chi connectivity index (χ1) is 11.6. The average molecular weight is 366 g/mol. The number of halogens is 2. The van der Waals surface area contributed by atoms with Gasteiger partial charge in [-0.3, -0.25) is 4.79 Å². The van der Waals surface area contributed by atoms with Gasteiger partial charge in [-0.2, -0.15) is 0 Å². The number of hydrogen-bond donors (Lipinski definition) is 1. The molecule has 2 heterocycles.